The Morgan fingerprint density at radius 2 is 1.78 bits per heavy atom. The van der Waals surface area contributed by atoms with Gasteiger partial charge in [-0.25, -0.2) is 4.99 Å². The van der Waals surface area contributed by atoms with E-state index in [1.165, 1.54) is 0 Å². The zero-order valence-corrected chi connectivity index (χ0v) is 17.7. The zero-order chi connectivity index (χ0) is 22.1. The highest BCUT2D eigenvalue weighted by molar-refractivity contribution is 5.94. The molecule has 3 aromatic rings. The van der Waals surface area contributed by atoms with Gasteiger partial charge in [0.05, 0.1) is 31.8 Å². The Labute approximate surface area is 185 Å². The average Bonchev–Trinajstić information content (AvgIpc) is 3.33. The number of hydrogen-bond donors (Lipinski definition) is 1. The molecule has 32 heavy (non-hydrogen) atoms. The minimum atomic E-state index is -0.436. The van der Waals surface area contributed by atoms with Crippen LogP contribution in [0.1, 0.15) is 22.1 Å². The van der Waals surface area contributed by atoms with Gasteiger partial charge in [-0.2, -0.15) is 0 Å². The molecule has 1 aromatic heterocycles. The van der Waals surface area contributed by atoms with Gasteiger partial charge in [0.1, 0.15) is 11.6 Å². The van der Waals surface area contributed by atoms with Crippen molar-refractivity contribution in [3.05, 3.63) is 82.8 Å². The molecule has 1 unspecified atom stereocenters. The molecule has 3 heterocycles. The van der Waals surface area contributed by atoms with Crippen LogP contribution in [0, 0.1) is 0 Å². The van der Waals surface area contributed by atoms with E-state index in [1.54, 1.807) is 13.4 Å². The van der Waals surface area contributed by atoms with Crippen LogP contribution in [0.5, 0.6) is 5.75 Å². The zero-order valence-electron chi connectivity index (χ0n) is 17.7. The van der Waals surface area contributed by atoms with Crippen molar-refractivity contribution in [2.45, 2.75) is 6.17 Å². The van der Waals surface area contributed by atoms with Crippen LogP contribution in [0.3, 0.4) is 0 Å². The minimum absolute atomic E-state index is 0.00633. The maximum absolute atomic E-state index is 12.8. The molecule has 8 heteroatoms. The molecule has 1 fully saturated rings. The summed E-state index contributed by atoms with van der Waals surface area (Å²) in [6, 6.07) is 17.0. The Bertz CT molecular complexity index is 1230. The molecule has 0 bridgehead atoms. The van der Waals surface area contributed by atoms with Crippen molar-refractivity contribution in [2.24, 2.45) is 10.7 Å². The van der Waals surface area contributed by atoms with Crippen LogP contribution < -0.4 is 26.1 Å². The molecule has 164 valence electrons. The third kappa shape index (κ3) is 3.58. The maximum Gasteiger partial charge on any atom is 0.254 e. The largest absolute Gasteiger partial charge is 0.497 e. The first kappa shape index (κ1) is 20.1. The molecule has 8 nitrogen and oxygen atoms in total. The van der Waals surface area contributed by atoms with E-state index >= 15 is 0 Å². The van der Waals surface area contributed by atoms with Crippen molar-refractivity contribution in [2.75, 3.05) is 38.3 Å². The van der Waals surface area contributed by atoms with Crippen LogP contribution in [0.2, 0.25) is 0 Å². The predicted octanol–water partition coefficient (Wildman–Crippen LogP) is 1.62. The van der Waals surface area contributed by atoms with Crippen molar-refractivity contribution >= 4 is 17.4 Å². The van der Waals surface area contributed by atoms with Gasteiger partial charge in [-0.3, -0.25) is 4.79 Å². The van der Waals surface area contributed by atoms with E-state index in [2.05, 4.69) is 0 Å². The molecule has 2 aliphatic heterocycles. The van der Waals surface area contributed by atoms with Crippen LogP contribution >= 0.6 is 0 Å². The number of nitrogens with zero attached hydrogens (tertiary/aromatic N) is 3. The number of fused-ring (bicyclic) bond motifs is 1. The first-order valence-electron chi connectivity index (χ1n) is 10.5. The average molecular weight is 432 g/mol. The lowest BCUT2D eigenvalue weighted by atomic mass is 10.1. The Morgan fingerprint density at radius 3 is 2.47 bits per heavy atom. The summed E-state index contributed by atoms with van der Waals surface area (Å²) in [4.78, 5) is 21.4. The predicted molar refractivity (Wildman–Crippen MR) is 118 cm³/mol. The number of nitrogens with two attached hydrogens (primary N) is 1. The Balaban J connectivity index is 1.50. The van der Waals surface area contributed by atoms with Gasteiger partial charge in [0.25, 0.3) is 5.91 Å². The van der Waals surface area contributed by atoms with Crippen molar-refractivity contribution in [3.8, 4) is 5.75 Å². The molecule has 0 saturated carbocycles. The number of carbonyl (C=O) groups excluding carboxylic acids is 1. The standard InChI is InChI=1S/C24H24N4O4/c1-30-19-8-6-18(7-9-19)28-21(25)20-10-13-32-23(20)26-22(28)16-2-4-17(5-3-16)24(29)27-11-14-31-15-12-27/h2-10,13,22H,11-12,14-15,25H2,1H3. The lowest BCUT2D eigenvalue weighted by Gasteiger charge is -2.33. The second-order valence-electron chi connectivity index (χ2n) is 7.62. The van der Waals surface area contributed by atoms with E-state index in [9.17, 15) is 4.79 Å². The van der Waals surface area contributed by atoms with Gasteiger partial charge in [-0.1, -0.05) is 12.1 Å². The van der Waals surface area contributed by atoms with Gasteiger partial charge < -0.3 is 29.4 Å². The highest BCUT2D eigenvalue weighted by Gasteiger charge is 2.28. The van der Waals surface area contributed by atoms with Crippen molar-refractivity contribution in [3.63, 3.8) is 0 Å². The highest BCUT2D eigenvalue weighted by Crippen LogP contribution is 2.33. The normalized spacial score (nSPS) is 18.2. The van der Waals surface area contributed by atoms with Crippen LogP contribution in [-0.4, -0.2) is 44.2 Å². The molecule has 2 aromatic carbocycles. The summed E-state index contributed by atoms with van der Waals surface area (Å²) in [5.41, 5.74) is 9.45. The van der Waals surface area contributed by atoms with Gasteiger partial charge in [0.2, 0.25) is 5.55 Å². The molecule has 1 amide bonds. The number of furan rings is 1. The third-order valence-electron chi connectivity index (χ3n) is 5.77. The fourth-order valence-electron chi connectivity index (χ4n) is 4.02. The molecule has 1 saturated heterocycles. The van der Waals surface area contributed by atoms with Crippen LogP contribution in [0.25, 0.3) is 5.82 Å². The van der Waals surface area contributed by atoms with Crippen LogP contribution in [0.4, 0.5) is 5.69 Å². The third-order valence-corrected chi connectivity index (χ3v) is 5.77. The van der Waals surface area contributed by atoms with Gasteiger partial charge in [0.15, 0.2) is 6.17 Å². The summed E-state index contributed by atoms with van der Waals surface area (Å²) in [5.74, 6) is 1.31. The van der Waals surface area contributed by atoms with E-state index in [0.717, 1.165) is 22.2 Å². The number of anilines is 1. The van der Waals surface area contributed by atoms with Crippen molar-refractivity contribution in [1.82, 2.24) is 4.90 Å². The van der Waals surface area contributed by atoms with E-state index in [4.69, 9.17) is 24.6 Å². The highest BCUT2D eigenvalue weighted by atomic mass is 16.5. The van der Waals surface area contributed by atoms with Gasteiger partial charge in [-0.15, -0.1) is 0 Å². The number of methoxy groups -OCH3 is 1. The second-order valence-corrected chi connectivity index (χ2v) is 7.62. The quantitative estimate of drug-likeness (QED) is 0.674. The van der Waals surface area contributed by atoms with E-state index in [0.29, 0.717) is 43.2 Å². The molecule has 2 N–H and O–H groups in total. The first-order chi connectivity index (χ1) is 15.7. The van der Waals surface area contributed by atoms with Crippen molar-refractivity contribution < 1.29 is 18.7 Å². The summed E-state index contributed by atoms with van der Waals surface area (Å²) in [7, 11) is 1.63. The number of rotatable bonds is 4. The number of amides is 1. The molecule has 0 aliphatic carbocycles. The molecular weight excluding hydrogens is 408 g/mol. The lowest BCUT2D eigenvalue weighted by Crippen LogP contribution is -2.44. The van der Waals surface area contributed by atoms with Gasteiger partial charge >= 0.3 is 0 Å². The molecule has 1 atom stereocenters. The lowest BCUT2D eigenvalue weighted by molar-refractivity contribution is 0.0303. The number of benzene rings is 2. The first-order valence-corrected chi connectivity index (χ1v) is 10.5. The number of hydrogen-bond acceptors (Lipinski definition) is 7. The monoisotopic (exact) mass is 432 g/mol. The summed E-state index contributed by atoms with van der Waals surface area (Å²) >= 11 is 0. The summed E-state index contributed by atoms with van der Waals surface area (Å²) in [5, 5.41) is 0.746. The van der Waals surface area contributed by atoms with Crippen molar-refractivity contribution in [1.29, 1.82) is 0 Å². The molecular formula is C24H24N4O4. The van der Waals surface area contributed by atoms with E-state index in [-0.39, 0.29) is 5.91 Å². The SMILES string of the molecule is COc1ccc(N2C(N)=c3ccoc3=NC2c2ccc(C(=O)N3CCOCC3)cc2)cc1. The fourth-order valence-corrected chi connectivity index (χ4v) is 4.02. The van der Waals surface area contributed by atoms with E-state index < -0.39 is 6.17 Å². The Hall–Kier alpha value is -3.78. The maximum atomic E-state index is 12.8. The van der Waals surface area contributed by atoms with E-state index in [1.807, 2.05) is 64.4 Å². The number of morpholine rings is 1. The Morgan fingerprint density at radius 1 is 1.06 bits per heavy atom. The smallest absolute Gasteiger partial charge is 0.254 e. The topological polar surface area (TPSA) is 93.5 Å². The fraction of sp³-hybridized carbons (Fsp3) is 0.250. The number of carbonyl (C=O) groups is 1. The Kier molecular flexibility index (Phi) is 5.28. The summed E-state index contributed by atoms with van der Waals surface area (Å²) in [6.07, 6.45) is 1.15. The molecule has 0 spiro atoms. The summed E-state index contributed by atoms with van der Waals surface area (Å²) < 4.78 is 16.2. The summed E-state index contributed by atoms with van der Waals surface area (Å²) in [6.45, 7) is 2.36. The number of ether oxygens (including phenoxy) is 2. The second kappa shape index (κ2) is 8.39. The molecule has 0 radical (unpaired) electrons. The van der Waals surface area contributed by atoms with Gasteiger partial charge in [0, 0.05) is 24.3 Å². The van der Waals surface area contributed by atoms with Crippen LogP contribution in [0.15, 0.2) is 70.3 Å². The molecule has 2 aliphatic rings. The van der Waals surface area contributed by atoms with Crippen LogP contribution in [-0.2, 0) is 4.74 Å². The molecule has 5 rings (SSSR count). The minimum Gasteiger partial charge on any atom is -0.497 e. The van der Waals surface area contributed by atoms with Gasteiger partial charge in [-0.05, 0) is 48.0 Å².